The number of aliphatic hydroxyl groups excluding tert-OH is 1. The molecule has 6 heteroatoms. The van der Waals surface area contributed by atoms with Crippen molar-refractivity contribution in [2.24, 2.45) is 0 Å². The number of ether oxygens (including phenoxy) is 1. The number of aromatic nitrogens is 3. The number of ketones is 1. The summed E-state index contributed by atoms with van der Waals surface area (Å²) in [5.74, 6) is 0.382. The van der Waals surface area contributed by atoms with Gasteiger partial charge in [-0.05, 0) is 26.3 Å². The first kappa shape index (κ1) is 14.2. The number of allylic oxidation sites excluding steroid dienone is 2. The zero-order valence-corrected chi connectivity index (χ0v) is 11.5. The first-order valence-corrected chi connectivity index (χ1v) is 6.37. The van der Waals surface area contributed by atoms with Crippen molar-refractivity contribution in [1.82, 2.24) is 15.0 Å². The van der Waals surface area contributed by atoms with Crippen LogP contribution in [0.4, 0.5) is 0 Å². The highest BCUT2D eigenvalue weighted by Crippen LogP contribution is 2.18. The molecular weight excluding hydrogens is 258 g/mol. The highest BCUT2D eigenvalue weighted by molar-refractivity contribution is 5.87. The Bertz CT molecular complexity index is 634. The molecule has 0 aliphatic heterocycles. The molecule has 2 aromatic rings. The lowest BCUT2D eigenvalue weighted by Crippen LogP contribution is -2.17. The molecule has 0 spiro atoms. The van der Waals surface area contributed by atoms with E-state index >= 15 is 0 Å². The molecule has 1 unspecified atom stereocenters. The van der Waals surface area contributed by atoms with Crippen LogP contribution in [0.15, 0.2) is 24.5 Å². The van der Waals surface area contributed by atoms with Crippen LogP contribution in [0.5, 0.6) is 5.88 Å². The van der Waals surface area contributed by atoms with E-state index in [2.05, 4.69) is 15.0 Å². The summed E-state index contributed by atoms with van der Waals surface area (Å²) in [6.07, 6.45) is 6.90. The van der Waals surface area contributed by atoms with Gasteiger partial charge in [-0.1, -0.05) is 6.08 Å². The van der Waals surface area contributed by atoms with Gasteiger partial charge in [-0.15, -0.1) is 0 Å². The van der Waals surface area contributed by atoms with E-state index in [4.69, 9.17) is 9.84 Å². The summed E-state index contributed by atoms with van der Waals surface area (Å²) >= 11 is 0. The van der Waals surface area contributed by atoms with E-state index < -0.39 is 0 Å². The van der Waals surface area contributed by atoms with Crippen LogP contribution in [-0.4, -0.2) is 38.6 Å². The van der Waals surface area contributed by atoms with Crippen molar-refractivity contribution < 1.29 is 14.6 Å². The Hall–Kier alpha value is -2.21. The van der Waals surface area contributed by atoms with Crippen molar-refractivity contribution in [2.75, 3.05) is 6.61 Å². The van der Waals surface area contributed by atoms with Crippen LogP contribution >= 0.6 is 0 Å². The van der Waals surface area contributed by atoms with Gasteiger partial charge in [0.15, 0.2) is 11.4 Å². The van der Waals surface area contributed by atoms with E-state index in [0.29, 0.717) is 23.5 Å². The van der Waals surface area contributed by atoms with Crippen molar-refractivity contribution >= 4 is 16.9 Å². The lowest BCUT2D eigenvalue weighted by atomic mass is 10.2. The van der Waals surface area contributed by atoms with E-state index in [1.54, 1.807) is 13.0 Å². The van der Waals surface area contributed by atoms with Crippen LogP contribution in [0.2, 0.25) is 0 Å². The fourth-order valence-corrected chi connectivity index (χ4v) is 1.73. The SMILES string of the molecule is CC(=O)/C=C/Cc1c[nH]c2ncc(OC(C)CO)nc12. The van der Waals surface area contributed by atoms with Crippen LogP contribution in [0, 0.1) is 0 Å². The Morgan fingerprint density at radius 1 is 1.60 bits per heavy atom. The first-order chi connectivity index (χ1) is 9.60. The van der Waals surface area contributed by atoms with Crippen molar-refractivity contribution in [3.63, 3.8) is 0 Å². The molecule has 20 heavy (non-hydrogen) atoms. The smallest absolute Gasteiger partial charge is 0.233 e. The van der Waals surface area contributed by atoms with Crippen LogP contribution in [0.25, 0.3) is 11.2 Å². The molecule has 0 saturated heterocycles. The molecule has 0 aliphatic rings. The van der Waals surface area contributed by atoms with Gasteiger partial charge in [0, 0.05) is 11.8 Å². The average Bonchev–Trinajstić information content (AvgIpc) is 2.81. The Labute approximate surface area is 116 Å². The Balaban J connectivity index is 2.23. The van der Waals surface area contributed by atoms with Gasteiger partial charge >= 0.3 is 0 Å². The number of nitrogens with one attached hydrogen (secondary N) is 1. The molecule has 2 rings (SSSR count). The molecule has 0 aromatic carbocycles. The van der Waals surface area contributed by atoms with Gasteiger partial charge in [-0.25, -0.2) is 9.97 Å². The molecule has 0 fully saturated rings. The summed E-state index contributed by atoms with van der Waals surface area (Å²) in [7, 11) is 0. The van der Waals surface area contributed by atoms with Gasteiger partial charge in [-0.3, -0.25) is 4.79 Å². The maximum atomic E-state index is 10.9. The minimum atomic E-state index is -0.332. The van der Waals surface area contributed by atoms with Crippen LogP contribution < -0.4 is 4.74 Å². The molecule has 0 saturated carbocycles. The van der Waals surface area contributed by atoms with Crippen molar-refractivity contribution in [3.8, 4) is 5.88 Å². The largest absolute Gasteiger partial charge is 0.471 e. The summed E-state index contributed by atoms with van der Waals surface area (Å²) < 4.78 is 5.43. The molecule has 0 radical (unpaired) electrons. The number of aromatic amines is 1. The third-order valence-corrected chi connectivity index (χ3v) is 2.71. The highest BCUT2D eigenvalue weighted by atomic mass is 16.5. The second kappa shape index (κ2) is 6.29. The maximum Gasteiger partial charge on any atom is 0.233 e. The third kappa shape index (κ3) is 3.42. The lowest BCUT2D eigenvalue weighted by Gasteiger charge is -2.10. The highest BCUT2D eigenvalue weighted by Gasteiger charge is 2.09. The van der Waals surface area contributed by atoms with Gasteiger partial charge in [0.05, 0.1) is 12.8 Å². The average molecular weight is 275 g/mol. The van der Waals surface area contributed by atoms with Crippen molar-refractivity contribution in [1.29, 1.82) is 0 Å². The molecule has 0 bridgehead atoms. The number of hydrogen-bond acceptors (Lipinski definition) is 5. The predicted octanol–water partition coefficient (Wildman–Crippen LogP) is 1.41. The van der Waals surface area contributed by atoms with E-state index in [9.17, 15) is 4.79 Å². The van der Waals surface area contributed by atoms with Crippen molar-refractivity contribution in [2.45, 2.75) is 26.4 Å². The van der Waals surface area contributed by atoms with Gasteiger partial charge < -0.3 is 14.8 Å². The standard InChI is InChI=1S/C14H17N3O3/c1-9(19)4-3-5-11-6-15-14-13(11)17-12(7-16-14)20-10(2)8-18/h3-4,6-7,10,18H,5,8H2,1-2H3,(H,15,16)/b4-3+. The van der Waals surface area contributed by atoms with Gasteiger partial charge in [-0.2, -0.15) is 0 Å². The van der Waals surface area contributed by atoms with E-state index in [1.807, 2.05) is 6.20 Å². The molecule has 0 amide bonds. The number of hydrogen-bond donors (Lipinski definition) is 2. The Morgan fingerprint density at radius 2 is 2.40 bits per heavy atom. The Kier molecular flexibility index (Phi) is 4.47. The van der Waals surface area contributed by atoms with E-state index in [-0.39, 0.29) is 18.5 Å². The summed E-state index contributed by atoms with van der Waals surface area (Å²) in [4.78, 5) is 22.5. The third-order valence-electron chi connectivity index (χ3n) is 2.71. The number of fused-ring (bicyclic) bond motifs is 1. The monoisotopic (exact) mass is 275 g/mol. The normalized spacial score (nSPS) is 12.9. The second-order valence-corrected chi connectivity index (χ2v) is 4.55. The first-order valence-electron chi connectivity index (χ1n) is 6.37. The molecule has 0 aliphatic carbocycles. The zero-order chi connectivity index (χ0) is 14.5. The number of carbonyl (C=O) groups is 1. The molecule has 2 N–H and O–H groups in total. The molecule has 2 aromatic heterocycles. The van der Waals surface area contributed by atoms with Crippen molar-refractivity contribution in [3.05, 3.63) is 30.1 Å². The number of carbonyl (C=O) groups excluding carboxylic acids is 1. The summed E-state index contributed by atoms with van der Waals surface area (Å²) in [5, 5.41) is 8.97. The minimum absolute atomic E-state index is 0.0109. The van der Waals surface area contributed by atoms with Crippen LogP contribution in [0.1, 0.15) is 19.4 Å². The van der Waals surface area contributed by atoms with Crippen LogP contribution in [0.3, 0.4) is 0 Å². The second-order valence-electron chi connectivity index (χ2n) is 4.55. The number of H-pyrrole nitrogens is 1. The summed E-state index contributed by atoms with van der Waals surface area (Å²) in [5.41, 5.74) is 2.31. The fraction of sp³-hybridized carbons (Fsp3) is 0.357. The van der Waals surface area contributed by atoms with Gasteiger partial charge in [0.1, 0.15) is 11.6 Å². The minimum Gasteiger partial charge on any atom is -0.471 e. The number of aliphatic hydroxyl groups is 1. The van der Waals surface area contributed by atoms with Crippen LogP contribution in [-0.2, 0) is 11.2 Å². The molecular formula is C14H17N3O3. The number of nitrogens with zero attached hydrogens (tertiary/aromatic N) is 2. The van der Waals surface area contributed by atoms with E-state index in [1.165, 1.54) is 19.2 Å². The predicted molar refractivity (Wildman–Crippen MR) is 74.6 cm³/mol. The fourth-order valence-electron chi connectivity index (χ4n) is 1.73. The summed E-state index contributed by atoms with van der Waals surface area (Å²) in [6, 6.07) is 0. The number of rotatable bonds is 6. The topological polar surface area (TPSA) is 88.1 Å². The van der Waals surface area contributed by atoms with Gasteiger partial charge in [0.25, 0.3) is 0 Å². The quantitative estimate of drug-likeness (QED) is 0.778. The Morgan fingerprint density at radius 3 is 3.10 bits per heavy atom. The molecule has 2 heterocycles. The maximum absolute atomic E-state index is 10.9. The molecule has 6 nitrogen and oxygen atoms in total. The molecule has 106 valence electrons. The molecule has 1 atom stereocenters. The summed E-state index contributed by atoms with van der Waals surface area (Å²) in [6.45, 7) is 3.17. The zero-order valence-electron chi connectivity index (χ0n) is 11.5. The lowest BCUT2D eigenvalue weighted by molar-refractivity contribution is -0.112. The van der Waals surface area contributed by atoms with Gasteiger partial charge in [0.2, 0.25) is 5.88 Å². The van der Waals surface area contributed by atoms with E-state index in [0.717, 1.165) is 5.56 Å².